The summed E-state index contributed by atoms with van der Waals surface area (Å²) in [7, 11) is 0. The van der Waals surface area contributed by atoms with Crippen molar-refractivity contribution in [3.05, 3.63) is 23.7 Å². The third kappa shape index (κ3) is 2.87. The van der Waals surface area contributed by atoms with Gasteiger partial charge in [0.2, 0.25) is 0 Å². The van der Waals surface area contributed by atoms with Gasteiger partial charge in [-0.3, -0.25) is 4.79 Å². The van der Waals surface area contributed by atoms with Crippen LogP contribution in [0, 0.1) is 0 Å². The van der Waals surface area contributed by atoms with Crippen LogP contribution in [-0.4, -0.2) is 34.0 Å². The zero-order valence-corrected chi connectivity index (χ0v) is 10.9. The Morgan fingerprint density at radius 1 is 1.61 bits per heavy atom. The normalized spacial score (nSPS) is 22.9. The van der Waals surface area contributed by atoms with E-state index in [4.69, 9.17) is 9.52 Å². The number of carboxylic acid groups (broad SMARTS) is 1. The highest BCUT2D eigenvalue weighted by Crippen LogP contribution is 2.36. The highest BCUT2D eigenvalue weighted by atomic mass is 32.2. The number of amides is 1. The first-order valence-electron chi connectivity index (χ1n) is 5.74. The number of hydrogen-bond donors (Lipinski definition) is 2. The molecule has 0 aliphatic carbocycles. The summed E-state index contributed by atoms with van der Waals surface area (Å²) in [6, 6.07) is 1.24. The summed E-state index contributed by atoms with van der Waals surface area (Å²) in [5.74, 6) is -0.303. The Morgan fingerprint density at radius 3 is 2.94 bits per heavy atom. The molecule has 1 amide bonds. The Hall–Kier alpha value is -1.43. The lowest BCUT2D eigenvalue weighted by molar-refractivity contribution is 0.0696. The minimum atomic E-state index is -1.10. The summed E-state index contributed by atoms with van der Waals surface area (Å²) in [6.45, 7) is 2.69. The second-order valence-electron chi connectivity index (χ2n) is 4.59. The number of hydrogen-bond acceptors (Lipinski definition) is 4. The van der Waals surface area contributed by atoms with E-state index in [0.717, 1.165) is 18.4 Å². The second-order valence-corrected chi connectivity index (χ2v) is 6.27. The molecule has 0 bridgehead atoms. The molecule has 1 aromatic rings. The Balaban J connectivity index is 1.93. The van der Waals surface area contributed by atoms with Gasteiger partial charge in [-0.2, -0.15) is 11.8 Å². The van der Waals surface area contributed by atoms with Crippen LogP contribution in [0.15, 0.2) is 16.7 Å². The lowest BCUT2D eigenvalue weighted by atomic mass is 10.1. The summed E-state index contributed by atoms with van der Waals surface area (Å²) < 4.78 is 5.02. The number of furan rings is 1. The maximum Gasteiger partial charge on any atom is 0.338 e. The van der Waals surface area contributed by atoms with Crippen molar-refractivity contribution in [2.45, 2.75) is 24.5 Å². The summed E-state index contributed by atoms with van der Waals surface area (Å²) in [5, 5.41) is 11.5. The van der Waals surface area contributed by atoms with E-state index >= 15 is 0 Å². The number of nitrogens with one attached hydrogen (secondary N) is 1. The standard InChI is InChI=1S/C12H15NO4S/c1-12(3-2-4-18-12)7-13-10(14)9-5-8(6-17-9)11(15)16/h5-6H,2-4,7H2,1H3,(H,13,14)(H,15,16). The number of carbonyl (C=O) groups excluding carboxylic acids is 1. The van der Waals surface area contributed by atoms with Crippen LogP contribution in [0.4, 0.5) is 0 Å². The molecule has 0 spiro atoms. The van der Waals surface area contributed by atoms with Crippen molar-refractivity contribution in [1.29, 1.82) is 0 Å². The quantitative estimate of drug-likeness (QED) is 0.873. The lowest BCUT2D eigenvalue weighted by Gasteiger charge is -2.22. The first-order valence-corrected chi connectivity index (χ1v) is 6.73. The van der Waals surface area contributed by atoms with Crippen molar-refractivity contribution >= 4 is 23.6 Å². The Labute approximate surface area is 109 Å². The van der Waals surface area contributed by atoms with E-state index in [9.17, 15) is 9.59 Å². The molecule has 2 rings (SSSR count). The molecule has 1 aliphatic rings. The van der Waals surface area contributed by atoms with Crippen molar-refractivity contribution in [1.82, 2.24) is 5.32 Å². The molecular formula is C12H15NO4S. The summed E-state index contributed by atoms with van der Waals surface area (Å²) in [5.41, 5.74) is -0.0124. The zero-order valence-electron chi connectivity index (χ0n) is 10.1. The van der Waals surface area contributed by atoms with Crippen LogP contribution >= 0.6 is 11.8 Å². The predicted molar refractivity (Wildman–Crippen MR) is 68.1 cm³/mol. The minimum absolute atomic E-state index is 0.0124. The van der Waals surface area contributed by atoms with Crippen LogP contribution in [0.5, 0.6) is 0 Å². The fourth-order valence-corrected chi connectivity index (χ4v) is 3.14. The van der Waals surface area contributed by atoms with Gasteiger partial charge in [0.1, 0.15) is 6.26 Å². The molecule has 1 aliphatic heterocycles. The molecule has 0 radical (unpaired) electrons. The summed E-state index contributed by atoms with van der Waals surface area (Å²) in [4.78, 5) is 22.4. The Bertz CT molecular complexity index is 462. The molecule has 5 nitrogen and oxygen atoms in total. The van der Waals surface area contributed by atoms with E-state index in [0.29, 0.717) is 6.54 Å². The highest BCUT2D eigenvalue weighted by molar-refractivity contribution is 8.00. The predicted octanol–water partition coefficient (Wildman–Crippen LogP) is 1.99. The van der Waals surface area contributed by atoms with Crippen LogP contribution in [0.25, 0.3) is 0 Å². The smallest absolute Gasteiger partial charge is 0.338 e. The number of carboxylic acids is 1. The van der Waals surface area contributed by atoms with Gasteiger partial charge in [0, 0.05) is 17.4 Å². The topological polar surface area (TPSA) is 79.5 Å². The van der Waals surface area contributed by atoms with Crippen LogP contribution in [0.2, 0.25) is 0 Å². The van der Waals surface area contributed by atoms with Crippen molar-refractivity contribution in [3.63, 3.8) is 0 Å². The molecular weight excluding hydrogens is 254 g/mol. The molecule has 2 N–H and O–H groups in total. The van der Waals surface area contributed by atoms with Crippen LogP contribution in [0.3, 0.4) is 0 Å². The maximum absolute atomic E-state index is 11.8. The SMILES string of the molecule is CC1(CNC(=O)c2cc(C(=O)O)co2)CCCS1. The fraction of sp³-hybridized carbons (Fsp3) is 0.500. The summed E-state index contributed by atoms with van der Waals surface area (Å²) >= 11 is 1.85. The molecule has 1 atom stereocenters. The molecule has 0 saturated carbocycles. The van der Waals surface area contributed by atoms with Gasteiger partial charge in [0.05, 0.1) is 5.56 Å². The van der Waals surface area contributed by atoms with Crippen molar-refractivity contribution in [2.75, 3.05) is 12.3 Å². The number of thioether (sulfide) groups is 1. The fourth-order valence-electron chi connectivity index (χ4n) is 1.90. The molecule has 1 fully saturated rings. The zero-order chi connectivity index (χ0) is 13.2. The lowest BCUT2D eigenvalue weighted by Crippen LogP contribution is -2.36. The first kappa shape index (κ1) is 13.0. The minimum Gasteiger partial charge on any atom is -0.478 e. The Kier molecular flexibility index (Phi) is 3.65. The molecule has 1 saturated heterocycles. The number of rotatable bonds is 4. The third-order valence-corrected chi connectivity index (χ3v) is 4.53. The van der Waals surface area contributed by atoms with Crippen molar-refractivity contribution in [2.24, 2.45) is 0 Å². The van der Waals surface area contributed by atoms with Gasteiger partial charge in [0.25, 0.3) is 5.91 Å². The average Bonchev–Trinajstić information content (AvgIpc) is 2.95. The molecule has 0 aromatic carbocycles. The average molecular weight is 269 g/mol. The van der Waals surface area contributed by atoms with E-state index in [1.807, 2.05) is 11.8 Å². The van der Waals surface area contributed by atoms with Gasteiger partial charge < -0.3 is 14.8 Å². The molecule has 98 valence electrons. The van der Waals surface area contributed by atoms with Gasteiger partial charge in [-0.1, -0.05) is 0 Å². The monoisotopic (exact) mass is 269 g/mol. The van der Waals surface area contributed by atoms with Gasteiger partial charge in [-0.25, -0.2) is 4.79 Å². The highest BCUT2D eigenvalue weighted by Gasteiger charge is 2.30. The van der Waals surface area contributed by atoms with Crippen LogP contribution < -0.4 is 5.32 Å². The van der Waals surface area contributed by atoms with E-state index in [1.165, 1.54) is 12.5 Å². The van der Waals surface area contributed by atoms with Crippen LogP contribution in [0.1, 0.15) is 40.7 Å². The van der Waals surface area contributed by atoms with Crippen molar-refractivity contribution < 1.29 is 19.1 Å². The molecule has 18 heavy (non-hydrogen) atoms. The third-order valence-electron chi connectivity index (χ3n) is 2.99. The second kappa shape index (κ2) is 5.06. The summed E-state index contributed by atoms with van der Waals surface area (Å²) in [6.07, 6.45) is 3.32. The van der Waals surface area contributed by atoms with Gasteiger partial charge in [0.15, 0.2) is 5.76 Å². The van der Waals surface area contributed by atoms with Gasteiger partial charge in [-0.15, -0.1) is 0 Å². The van der Waals surface area contributed by atoms with Gasteiger partial charge >= 0.3 is 5.97 Å². The molecule has 2 heterocycles. The van der Waals surface area contributed by atoms with E-state index in [-0.39, 0.29) is 22.0 Å². The molecule has 1 aromatic heterocycles. The van der Waals surface area contributed by atoms with Gasteiger partial charge in [-0.05, 0) is 25.5 Å². The van der Waals surface area contributed by atoms with E-state index < -0.39 is 5.97 Å². The number of carbonyl (C=O) groups is 2. The maximum atomic E-state index is 11.8. The largest absolute Gasteiger partial charge is 0.478 e. The van der Waals surface area contributed by atoms with E-state index in [1.54, 1.807) is 0 Å². The van der Waals surface area contributed by atoms with Crippen LogP contribution in [-0.2, 0) is 0 Å². The number of aromatic carboxylic acids is 1. The first-order chi connectivity index (χ1) is 8.50. The van der Waals surface area contributed by atoms with Crippen molar-refractivity contribution in [3.8, 4) is 0 Å². The molecule has 1 unspecified atom stereocenters. The molecule has 6 heteroatoms. The van der Waals surface area contributed by atoms with E-state index in [2.05, 4.69) is 12.2 Å². The Morgan fingerprint density at radius 2 is 2.39 bits per heavy atom.